The Kier molecular flexibility index (Phi) is 9.20. The fraction of sp³-hybridized carbons (Fsp3) is 0.346. The van der Waals surface area contributed by atoms with Crippen LogP contribution in [0.5, 0.6) is 0 Å². The van der Waals surface area contributed by atoms with E-state index in [0.717, 1.165) is 11.1 Å². The Labute approximate surface area is 214 Å². The number of hydrogen-bond acceptors (Lipinski definition) is 8. The summed E-state index contributed by atoms with van der Waals surface area (Å²) in [6.07, 6.45) is -2.34. The third-order valence-corrected chi connectivity index (χ3v) is 5.85. The predicted molar refractivity (Wildman–Crippen MR) is 133 cm³/mol. The highest BCUT2D eigenvalue weighted by atomic mass is 16.8. The molecule has 0 spiro atoms. The van der Waals surface area contributed by atoms with Crippen molar-refractivity contribution in [3.8, 4) is 11.1 Å². The van der Waals surface area contributed by atoms with Crippen LogP contribution >= 0.6 is 0 Å². The average Bonchev–Trinajstić information content (AvgIpc) is 3.21. The van der Waals surface area contributed by atoms with Crippen LogP contribution in [0.25, 0.3) is 11.1 Å². The standard InChI is InChI=1S/C26H30N4O7/c1-3-35-26(34)37-15(2)36-22(31)12-21-20(14-30-25(21)33)13-29-24(32)19-10-6-17(7-11-19)16-4-8-18(9-5-16)23(27)28/h4-11,15,20-21H,3,12-14H2,1-2H3,(H3,27,28)(H,29,32)(H,30,33). The van der Waals surface area contributed by atoms with Crippen molar-refractivity contribution in [2.75, 3.05) is 19.7 Å². The minimum absolute atomic E-state index is 0.00515. The smallest absolute Gasteiger partial charge is 0.435 e. The number of benzene rings is 2. The van der Waals surface area contributed by atoms with Gasteiger partial charge >= 0.3 is 12.1 Å². The third kappa shape index (κ3) is 7.53. The molecule has 0 radical (unpaired) electrons. The van der Waals surface area contributed by atoms with Crippen molar-refractivity contribution in [3.63, 3.8) is 0 Å². The molecule has 2 amide bonds. The first-order chi connectivity index (χ1) is 17.7. The van der Waals surface area contributed by atoms with Gasteiger partial charge in [-0.2, -0.15) is 0 Å². The van der Waals surface area contributed by atoms with Gasteiger partial charge in [-0.15, -0.1) is 0 Å². The fourth-order valence-corrected chi connectivity index (χ4v) is 3.90. The van der Waals surface area contributed by atoms with Crippen molar-refractivity contribution in [3.05, 3.63) is 59.7 Å². The number of esters is 1. The van der Waals surface area contributed by atoms with Crippen molar-refractivity contribution < 1.29 is 33.4 Å². The van der Waals surface area contributed by atoms with Crippen LogP contribution in [0.3, 0.4) is 0 Å². The van der Waals surface area contributed by atoms with E-state index < -0.39 is 24.3 Å². The van der Waals surface area contributed by atoms with Gasteiger partial charge in [-0.3, -0.25) is 19.8 Å². The molecule has 0 aliphatic carbocycles. The van der Waals surface area contributed by atoms with Crippen molar-refractivity contribution in [1.29, 1.82) is 5.41 Å². The molecule has 1 aliphatic rings. The molecule has 1 heterocycles. The van der Waals surface area contributed by atoms with Gasteiger partial charge in [0.25, 0.3) is 5.91 Å². The molecule has 2 aromatic carbocycles. The summed E-state index contributed by atoms with van der Waals surface area (Å²) in [7, 11) is 0. The average molecular weight is 511 g/mol. The second-order valence-corrected chi connectivity index (χ2v) is 8.45. The van der Waals surface area contributed by atoms with E-state index in [9.17, 15) is 19.2 Å². The van der Waals surface area contributed by atoms with E-state index in [-0.39, 0.29) is 43.1 Å². The van der Waals surface area contributed by atoms with Crippen LogP contribution in [0.1, 0.15) is 36.2 Å². The van der Waals surface area contributed by atoms with Crippen LogP contribution in [-0.4, -0.2) is 55.8 Å². The molecule has 1 saturated heterocycles. The van der Waals surface area contributed by atoms with E-state index in [4.69, 9.17) is 20.6 Å². The molecule has 5 N–H and O–H groups in total. The van der Waals surface area contributed by atoms with Gasteiger partial charge < -0.3 is 30.6 Å². The Morgan fingerprint density at radius 1 is 1.05 bits per heavy atom. The number of carbonyl (C=O) groups is 4. The van der Waals surface area contributed by atoms with Crippen LogP contribution in [0, 0.1) is 17.2 Å². The van der Waals surface area contributed by atoms with Crippen LogP contribution in [0.2, 0.25) is 0 Å². The normalized spacial score (nSPS) is 17.3. The summed E-state index contributed by atoms with van der Waals surface area (Å²) in [6.45, 7) is 3.59. The van der Waals surface area contributed by atoms with E-state index >= 15 is 0 Å². The van der Waals surface area contributed by atoms with Gasteiger partial charge in [-0.1, -0.05) is 36.4 Å². The van der Waals surface area contributed by atoms with Crippen LogP contribution < -0.4 is 16.4 Å². The maximum atomic E-state index is 12.7. The number of nitrogens with one attached hydrogen (secondary N) is 3. The molecule has 11 nitrogen and oxygen atoms in total. The minimum atomic E-state index is -1.16. The first-order valence-electron chi connectivity index (χ1n) is 11.8. The lowest BCUT2D eigenvalue weighted by Crippen LogP contribution is -2.34. The Bertz CT molecular complexity index is 1150. The lowest BCUT2D eigenvalue weighted by molar-refractivity contribution is -0.169. The third-order valence-electron chi connectivity index (χ3n) is 5.85. The molecule has 3 unspecified atom stereocenters. The summed E-state index contributed by atoms with van der Waals surface area (Å²) in [5, 5.41) is 13.0. The quantitative estimate of drug-likeness (QED) is 0.163. The summed E-state index contributed by atoms with van der Waals surface area (Å²) in [5.74, 6) is -2.34. The van der Waals surface area contributed by atoms with E-state index in [1.165, 1.54) is 6.92 Å². The van der Waals surface area contributed by atoms with Crippen molar-refractivity contribution in [2.24, 2.45) is 17.6 Å². The molecule has 0 saturated carbocycles. The number of nitrogens with two attached hydrogens (primary N) is 1. The predicted octanol–water partition coefficient (Wildman–Crippen LogP) is 2.18. The summed E-state index contributed by atoms with van der Waals surface area (Å²) >= 11 is 0. The number of amides is 2. The maximum absolute atomic E-state index is 12.7. The summed E-state index contributed by atoms with van der Waals surface area (Å²) < 4.78 is 14.4. The molecule has 1 aliphatic heterocycles. The van der Waals surface area contributed by atoms with E-state index in [0.29, 0.717) is 17.7 Å². The SMILES string of the molecule is CCOC(=O)OC(C)OC(=O)CC1C(=O)NCC1CNC(=O)c1ccc(-c2ccc(C(=N)N)cc2)cc1. The molecule has 2 aromatic rings. The second kappa shape index (κ2) is 12.5. The number of hydrogen-bond donors (Lipinski definition) is 4. The zero-order valence-electron chi connectivity index (χ0n) is 20.6. The zero-order chi connectivity index (χ0) is 26.9. The Morgan fingerprint density at radius 3 is 2.22 bits per heavy atom. The maximum Gasteiger partial charge on any atom is 0.511 e. The Morgan fingerprint density at radius 2 is 1.65 bits per heavy atom. The number of ether oxygens (including phenoxy) is 3. The van der Waals surface area contributed by atoms with Crippen molar-refractivity contribution in [2.45, 2.75) is 26.6 Å². The monoisotopic (exact) mass is 510 g/mol. The first kappa shape index (κ1) is 27.2. The molecule has 3 atom stereocenters. The minimum Gasteiger partial charge on any atom is -0.435 e. The lowest BCUT2D eigenvalue weighted by atomic mass is 9.92. The van der Waals surface area contributed by atoms with Crippen molar-refractivity contribution >= 4 is 29.8 Å². The van der Waals surface area contributed by atoms with Gasteiger partial charge in [-0.25, -0.2) is 4.79 Å². The summed E-state index contributed by atoms with van der Waals surface area (Å²) in [5.41, 5.74) is 8.38. The number of amidine groups is 1. The highest BCUT2D eigenvalue weighted by Crippen LogP contribution is 2.23. The molecular weight excluding hydrogens is 480 g/mol. The zero-order valence-corrected chi connectivity index (χ0v) is 20.6. The fourth-order valence-electron chi connectivity index (χ4n) is 3.90. The molecule has 3 rings (SSSR count). The molecular formula is C26H30N4O7. The van der Waals surface area contributed by atoms with Gasteiger partial charge in [0.1, 0.15) is 5.84 Å². The molecule has 1 fully saturated rings. The summed E-state index contributed by atoms with van der Waals surface area (Å²) in [4.78, 5) is 48.5. The highest BCUT2D eigenvalue weighted by Gasteiger charge is 2.37. The van der Waals surface area contributed by atoms with E-state index in [1.54, 1.807) is 31.2 Å². The van der Waals surface area contributed by atoms with Crippen LogP contribution in [0.4, 0.5) is 4.79 Å². The topological polar surface area (TPSA) is 170 Å². The molecule has 196 valence electrons. The van der Waals surface area contributed by atoms with Gasteiger partial charge in [0, 0.05) is 37.1 Å². The number of carbonyl (C=O) groups excluding carboxylic acids is 4. The molecule has 11 heteroatoms. The largest absolute Gasteiger partial charge is 0.511 e. The van der Waals surface area contributed by atoms with Gasteiger partial charge in [-0.05, 0) is 30.2 Å². The lowest BCUT2D eigenvalue weighted by Gasteiger charge is -2.18. The highest BCUT2D eigenvalue weighted by molar-refractivity contribution is 5.96. The second-order valence-electron chi connectivity index (χ2n) is 8.45. The molecule has 0 bridgehead atoms. The Balaban J connectivity index is 1.52. The van der Waals surface area contributed by atoms with Gasteiger partial charge in [0.2, 0.25) is 12.2 Å². The Hall–Kier alpha value is -4.41. The number of rotatable bonds is 10. The number of nitrogen functional groups attached to an aromatic ring is 1. The molecule has 37 heavy (non-hydrogen) atoms. The van der Waals surface area contributed by atoms with Crippen LogP contribution in [-0.2, 0) is 23.8 Å². The summed E-state index contributed by atoms with van der Waals surface area (Å²) in [6, 6.07) is 14.2. The van der Waals surface area contributed by atoms with Gasteiger partial charge in [0.05, 0.1) is 18.9 Å². The molecule has 0 aromatic heterocycles. The van der Waals surface area contributed by atoms with E-state index in [1.807, 2.05) is 24.3 Å². The first-order valence-corrected chi connectivity index (χ1v) is 11.8. The van der Waals surface area contributed by atoms with Gasteiger partial charge in [0.15, 0.2) is 0 Å². The van der Waals surface area contributed by atoms with E-state index in [2.05, 4.69) is 15.4 Å². The van der Waals surface area contributed by atoms with Crippen LogP contribution in [0.15, 0.2) is 48.5 Å². The van der Waals surface area contributed by atoms with Crippen molar-refractivity contribution in [1.82, 2.24) is 10.6 Å².